The summed E-state index contributed by atoms with van der Waals surface area (Å²) in [6, 6.07) is 0. The second kappa shape index (κ2) is 3.58. The van der Waals surface area contributed by atoms with E-state index in [4.69, 9.17) is 9.52 Å². The molecule has 1 rings (SSSR count). The Morgan fingerprint density at radius 3 is 2.90 bits per heavy atom. The molecular weight excluding hydrogens is 152 g/mol. The van der Waals surface area contributed by atoms with E-state index in [1.165, 1.54) is 11.8 Å². The van der Waals surface area contributed by atoms with Crippen LogP contribution < -0.4 is 0 Å². The van der Waals surface area contributed by atoms with Gasteiger partial charge < -0.3 is 9.52 Å². The molecule has 0 atom stereocenters. The molecule has 0 spiro atoms. The zero-order valence-electron chi connectivity index (χ0n) is 5.57. The summed E-state index contributed by atoms with van der Waals surface area (Å²) >= 11 is 1.39. The first-order valence-electron chi connectivity index (χ1n) is 2.84. The van der Waals surface area contributed by atoms with Gasteiger partial charge in [-0.15, -0.1) is 10.2 Å². The van der Waals surface area contributed by atoms with Crippen molar-refractivity contribution in [2.45, 2.75) is 11.6 Å². The van der Waals surface area contributed by atoms with Crippen LogP contribution in [0.3, 0.4) is 0 Å². The van der Waals surface area contributed by atoms with E-state index in [0.717, 1.165) is 0 Å². The summed E-state index contributed by atoms with van der Waals surface area (Å²) in [7, 11) is 0. The van der Waals surface area contributed by atoms with E-state index in [9.17, 15) is 0 Å². The number of nitrogens with zero attached hydrogens (tertiary/aromatic N) is 2. The predicted molar refractivity (Wildman–Crippen MR) is 36.9 cm³/mol. The maximum absolute atomic E-state index is 8.47. The quantitative estimate of drug-likeness (QED) is 0.645. The van der Waals surface area contributed by atoms with E-state index >= 15 is 0 Å². The molecule has 0 amide bonds. The molecule has 0 fully saturated rings. The smallest absolute Gasteiger partial charge is 0.276 e. The van der Waals surface area contributed by atoms with Gasteiger partial charge in [0.2, 0.25) is 5.89 Å². The molecule has 1 heterocycles. The number of thioether (sulfide) groups is 1. The second-order valence-electron chi connectivity index (χ2n) is 1.64. The standard InChI is InChI=1S/C5H8N2O2S/c1-10-5-7-6-4(9-5)2-3-8/h8H,2-3H2,1H3. The zero-order valence-corrected chi connectivity index (χ0v) is 6.39. The Kier molecular flexibility index (Phi) is 2.70. The Hall–Kier alpha value is -0.550. The predicted octanol–water partition coefficient (Wildman–Crippen LogP) is 0.326. The minimum Gasteiger partial charge on any atom is -0.416 e. The van der Waals surface area contributed by atoms with Gasteiger partial charge in [0.1, 0.15) is 0 Å². The van der Waals surface area contributed by atoms with Crippen molar-refractivity contribution in [2.75, 3.05) is 12.9 Å². The Morgan fingerprint density at radius 2 is 2.40 bits per heavy atom. The number of hydrogen-bond donors (Lipinski definition) is 1. The van der Waals surface area contributed by atoms with E-state index in [2.05, 4.69) is 10.2 Å². The van der Waals surface area contributed by atoms with Crippen molar-refractivity contribution in [1.29, 1.82) is 0 Å². The third-order valence-electron chi connectivity index (χ3n) is 0.949. The van der Waals surface area contributed by atoms with Gasteiger partial charge in [-0.3, -0.25) is 0 Å². The largest absolute Gasteiger partial charge is 0.416 e. The number of aliphatic hydroxyl groups excluding tert-OH is 1. The van der Waals surface area contributed by atoms with E-state index in [1.54, 1.807) is 0 Å². The molecule has 1 aromatic heterocycles. The molecule has 0 aromatic carbocycles. The average molecular weight is 160 g/mol. The summed E-state index contributed by atoms with van der Waals surface area (Å²) in [5, 5.41) is 16.4. The maximum Gasteiger partial charge on any atom is 0.276 e. The van der Waals surface area contributed by atoms with Crippen molar-refractivity contribution in [2.24, 2.45) is 0 Å². The topological polar surface area (TPSA) is 59.2 Å². The van der Waals surface area contributed by atoms with Crippen molar-refractivity contribution in [3.05, 3.63) is 5.89 Å². The van der Waals surface area contributed by atoms with Crippen molar-refractivity contribution in [3.8, 4) is 0 Å². The zero-order chi connectivity index (χ0) is 7.40. The van der Waals surface area contributed by atoms with Crippen LogP contribution in [0.25, 0.3) is 0 Å². The first kappa shape index (κ1) is 7.56. The van der Waals surface area contributed by atoms with Gasteiger partial charge in [0.25, 0.3) is 5.22 Å². The first-order valence-corrected chi connectivity index (χ1v) is 4.06. The van der Waals surface area contributed by atoms with Crippen molar-refractivity contribution < 1.29 is 9.52 Å². The molecule has 0 radical (unpaired) electrons. The van der Waals surface area contributed by atoms with Crippen LogP contribution >= 0.6 is 11.8 Å². The highest BCUT2D eigenvalue weighted by atomic mass is 32.2. The van der Waals surface area contributed by atoms with Gasteiger partial charge in [0.05, 0.1) is 6.61 Å². The summed E-state index contributed by atoms with van der Waals surface area (Å²) in [4.78, 5) is 0. The van der Waals surface area contributed by atoms with Crippen LogP contribution in [0.4, 0.5) is 0 Å². The third kappa shape index (κ3) is 1.71. The fourth-order valence-electron chi connectivity index (χ4n) is 0.517. The molecule has 1 N–H and O–H groups in total. The first-order chi connectivity index (χ1) is 4.86. The molecule has 0 saturated carbocycles. The highest BCUT2D eigenvalue weighted by Crippen LogP contribution is 2.11. The number of rotatable bonds is 3. The van der Waals surface area contributed by atoms with Crippen molar-refractivity contribution >= 4 is 11.8 Å². The van der Waals surface area contributed by atoms with Gasteiger partial charge in [0, 0.05) is 6.42 Å². The molecule has 5 heteroatoms. The van der Waals surface area contributed by atoms with Gasteiger partial charge in [-0.1, -0.05) is 11.8 Å². The summed E-state index contributed by atoms with van der Waals surface area (Å²) in [6.45, 7) is 0.0516. The van der Waals surface area contributed by atoms with E-state index in [0.29, 0.717) is 17.5 Å². The third-order valence-corrected chi connectivity index (χ3v) is 1.46. The summed E-state index contributed by atoms with van der Waals surface area (Å²) in [6.07, 6.45) is 2.30. The SMILES string of the molecule is CSc1nnc(CCO)o1. The highest BCUT2D eigenvalue weighted by Gasteiger charge is 2.01. The molecule has 1 aromatic rings. The minimum absolute atomic E-state index is 0.0516. The molecule has 0 bridgehead atoms. The maximum atomic E-state index is 8.47. The van der Waals surface area contributed by atoms with Crippen molar-refractivity contribution in [1.82, 2.24) is 10.2 Å². The second-order valence-corrected chi connectivity index (χ2v) is 2.40. The molecular formula is C5H8N2O2S. The van der Waals surface area contributed by atoms with Crippen LogP contribution in [-0.4, -0.2) is 28.2 Å². The number of aliphatic hydroxyl groups is 1. The summed E-state index contributed by atoms with van der Waals surface area (Å²) in [5.41, 5.74) is 0. The summed E-state index contributed by atoms with van der Waals surface area (Å²) in [5.74, 6) is 0.492. The van der Waals surface area contributed by atoms with Crippen LogP contribution in [0.2, 0.25) is 0 Å². The van der Waals surface area contributed by atoms with E-state index in [1.807, 2.05) is 6.26 Å². The highest BCUT2D eigenvalue weighted by molar-refractivity contribution is 7.98. The lowest BCUT2D eigenvalue weighted by atomic mass is 10.5. The molecule has 4 nitrogen and oxygen atoms in total. The molecule has 0 aliphatic rings. The van der Waals surface area contributed by atoms with E-state index in [-0.39, 0.29) is 6.61 Å². The van der Waals surface area contributed by atoms with Gasteiger partial charge in [0.15, 0.2) is 0 Å². The lowest BCUT2D eigenvalue weighted by molar-refractivity contribution is 0.279. The van der Waals surface area contributed by atoms with E-state index < -0.39 is 0 Å². The van der Waals surface area contributed by atoms with Gasteiger partial charge in [-0.25, -0.2) is 0 Å². The molecule has 0 saturated heterocycles. The molecule has 0 unspecified atom stereocenters. The van der Waals surface area contributed by atoms with Crippen LogP contribution in [0.5, 0.6) is 0 Å². The van der Waals surface area contributed by atoms with Crippen LogP contribution in [-0.2, 0) is 6.42 Å². The van der Waals surface area contributed by atoms with Gasteiger partial charge >= 0.3 is 0 Å². The number of hydrogen-bond acceptors (Lipinski definition) is 5. The molecule has 10 heavy (non-hydrogen) atoms. The average Bonchev–Trinajstić information content (AvgIpc) is 2.37. The lowest BCUT2D eigenvalue weighted by Gasteiger charge is -1.84. The fraction of sp³-hybridized carbons (Fsp3) is 0.600. The fourth-order valence-corrected chi connectivity index (χ4v) is 0.819. The molecule has 0 aliphatic carbocycles. The van der Waals surface area contributed by atoms with Crippen LogP contribution in [0, 0.1) is 0 Å². The van der Waals surface area contributed by atoms with Gasteiger partial charge in [-0.2, -0.15) is 0 Å². The molecule has 0 aliphatic heterocycles. The lowest BCUT2D eigenvalue weighted by Crippen LogP contribution is -1.89. The summed E-state index contributed by atoms with van der Waals surface area (Å²) < 4.78 is 5.05. The minimum atomic E-state index is 0.0516. The normalized spacial score (nSPS) is 10.2. The van der Waals surface area contributed by atoms with Crippen molar-refractivity contribution in [3.63, 3.8) is 0 Å². The molecule has 56 valence electrons. The Labute approximate surface area is 62.6 Å². The number of aromatic nitrogens is 2. The van der Waals surface area contributed by atoms with Gasteiger partial charge in [-0.05, 0) is 6.26 Å². The Balaban J connectivity index is 2.59. The Morgan fingerprint density at radius 1 is 1.60 bits per heavy atom. The van der Waals surface area contributed by atoms with Crippen LogP contribution in [0.15, 0.2) is 9.64 Å². The monoisotopic (exact) mass is 160 g/mol. The van der Waals surface area contributed by atoms with Crippen LogP contribution in [0.1, 0.15) is 5.89 Å². The Bertz CT molecular complexity index is 201.